The van der Waals surface area contributed by atoms with Crippen LogP contribution in [0.1, 0.15) is 47.8 Å². The lowest BCUT2D eigenvalue weighted by atomic mass is 9.93. The van der Waals surface area contributed by atoms with Gasteiger partial charge in [0.15, 0.2) is 0 Å². The van der Waals surface area contributed by atoms with Crippen LogP contribution in [0.25, 0.3) is 22.0 Å². The van der Waals surface area contributed by atoms with E-state index in [-0.39, 0.29) is 11.1 Å². The summed E-state index contributed by atoms with van der Waals surface area (Å²) in [5.41, 5.74) is 8.10. The molecule has 4 rings (SSSR count). The predicted molar refractivity (Wildman–Crippen MR) is 128 cm³/mol. The molecule has 2 N–H and O–H groups in total. The molecule has 1 unspecified atom stereocenters. The number of fused-ring (bicyclic) bond motifs is 1. The summed E-state index contributed by atoms with van der Waals surface area (Å²) >= 11 is 6.20. The Bertz CT molecular complexity index is 1360. The van der Waals surface area contributed by atoms with Gasteiger partial charge in [-0.2, -0.15) is 18.3 Å². The van der Waals surface area contributed by atoms with Crippen LogP contribution in [-0.2, 0) is 6.18 Å². The van der Waals surface area contributed by atoms with Gasteiger partial charge in [-0.3, -0.25) is 9.48 Å². The summed E-state index contributed by atoms with van der Waals surface area (Å²) in [6.45, 7) is 4.19. The van der Waals surface area contributed by atoms with Crippen LogP contribution in [-0.4, -0.2) is 15.7 Å². The third kappa shape index (κ3) is 4.66. The Morgan fingerprint density at radius 3 is 2.47 bits per heavy atom. The molecule has 0 bridgehead atoms. The summed E-state index contributed by atoms with van der Waals surface area (Å²) in [6.07, 6.45) is -2.02. The largest absolute Gasteiger partial charge is 0.416 e. The molecular weight excluding hydrogens is 463 g/mol. The third-order valence-electron chi connectivity index (χ3n) is 5.78. The molecule has 176 valence electrons. The summed E-state index contributed by atoms with van der Waals surface area (Å²) in [4.78, 5) is 12.1. The first kappa shape index (κ1) is 23.8. The molecule has 0 aliphatic heterocycles. The predicted octanol–water partition coefficient (Wildman–Crippen LogP) is 7.11. The summed E-state index contributed by atoms with van der Waals surface area (Å²) in [5.74, 6) is -0.185. The fourth-order valence-corrected chi connectivity index (χ4v) is 4.50. The maximum atomic E-state index is 13.0. The Hall–Kier alpha value is -3.32. The Labute approximate surface area is 200 Å². The van der Waals surface area contributed by atoms with Gasteiger partial charge in [-0.25, -0.2) is 0 Å². The van der Waals surface area contributed by atoms with Crippen molar-refractivity contribution in [3.8, 4) is 11.1 Å². The number of nitrogens with two attached hydrogens (primary N) is 1. The lowest BCUT2D eigenvalue weighted by Gasteiger charge is -2.23. The van der Waals surface area contributed by atoms with Gasteiger partial charge in [-0.1, -0.05) is 55.8 Å². The smallest absolute Gasteiger partial charge is 0.366 e. The van der Waals surface area contributed by atoms with Crippen LogP contribution < -0.4 is 5.73 Å². The van der Waals surface area contributed by atoms with E-state index in [0.717, 1.165) is 35.0 Å². The van der Waals surface area contributed by atoms with Gasteiger partial charge in [0.1, 0.15) is 0 Å². The van der Waals surface area contributed by atoms with Crippen LogP contribution >= 0.6 is 11.6 Å². The van der Waals surface area contributed by atoms with Gasteiger partial charge < -0.3 is 5.73 Å². The second-order valence-corrected chi connectivity index (χ2v) is 9.06. The first-order chi connectivity index (χ1) is 16.1. The van der Waals surface area contributed by atoms with Gasteiger partial charge in [-0.05, 0) is 53.8 Å². The molecule has 3 aromatic carbocycles. The van der Waals surface area contributed by atoms with E-state index in [0.29, 0.717) is 22.6 Å². The van der Waals surface area contributed by atoms with Crippen molar-refractivity contribution in [2.45, 2.75) is 32.5 Å². The van der Waals surface area contributed by atoms with E-state index < -0.39 is 17.6 Å². The summed E-state index contributed by atoms with van der Waals surface area (Å²) in [5, 5.41) is 5.44. The second-order valence-electron chi connectivity index (χ2n) is 8.65. The number of hydrogen-bond donors (Lipinski definition) is 1. The van der Waals surface area contributed by atoms with Gasteiger partial charge in [0.25, 0.3) is 0 Å². The number of carbonyl (C=O) groups is 1. The third-order valence-corrected chi connectivity index (χ3v) is 6.09. The van der Waals surface area contributed by atoms with Crippen LogP contribution in [0.3, 0.4) is 0 Å². The van der Waals surface area contributed by atoms with Crippen molar-refractivity contribution in [3.63, 3.8) is 0 Å². The maximum absolute atomic E-state index is 13.0. The average Bonchev–Trinajstić information content (AvgIpc) is 3.19. The van der Waals surface area contributed by atoms with Crippen molar-refractivity contribution in [2.75, 3.05) is 0 Å². The average molecular weight is 486 g/mol. The zero-order chi connectivity index (χ0) is 24.6. The van der Waals surface area contributed by atoms with E-state index in [9.17, 15) is 18.0 Å². The zero-order valence-corrected chi connectivity index (χ0v) is 19.4. The van der Waals surface area contributed by atoms with E-state index in [2.05, 4.69) is 18.9 Å². The van der Waals surface area contributed by atoms with E-state index >= 15 is 0 Å². The molecule has 1 heterocycles. The molecule has 0 aliphatic carbocycles. The topological polar surface area (TPSA) is 60.9 Å². The highest BCUT2D eigenvalue weighted by Crippen LogP contribution is 2.37. The van der Waals surface area contributed by atoms with Crippen molar-refractivity contribution in [1.82, 2.24) is 9.78 Å². The normalized spacial score (nSPS) is 12.9. The van der Waals surface area contributed by atoms with Gasteiger partial charge in [0.05, 0.1) is 23.3 Å². The molecule has 0 aliphatic rings. The number of amides is 1. The summed E-state index contributed by atoms with van der Waals surface area (Å²) in [6, 6.07) is 15.9. The molecule has 4 nitrogen and oxygen atoms in total. The van der Waals surface area contributed by atoms with Gasteiger partial charge >= 0.3 is 6.18 Å². The highest BCUT2D eigenvalue weighted by molar-refractivity contribution is 6.33. The van der Waals surface area contributed by atoms with Crippen LogP contribution in [0.5, 0.6) is 0 Å². The van der Waals surface area contributed by atoms with Gasteiger partial charge in [0, 0.05) is 21.5 Å². The molecule has 0 saturated heterocycles. The van der Waals surface area contributed by atoms with Crippen LogP contribution in [0.4, 0.5) is 13.2 Å². The van der Waals surface area contributed by atoms with Crippen molar-refractivity contribution in [1.29, 1.82) is 0 Å². The van der Waals surface area contributed by atoms with Crippen molar-refractivity contribution in [2.24, 2.45) is 11.7 Å². The number of alkyl halides is 3. The van der Waals surface area contributed by atoms with Crippen molar-refractivity contribution < 1.29 is 18.0 Å². The molecule has 0 radical (unpaired) electrons. The molecule has 1 atom stereocenters. The fourth-order valence-electron chi connectivity index (χ4n) is 4.21. The van der Waals surface area contributed by atoms with Crippen molar-refractivity contribution >= 4 is 28.4 Å². The molecule has 0 saturated carbocycles. The lowest BCUT2D eigenvalue weighted by molar-refractivity contribution is -0.137. The first-order valence-corrected chi connectivity index (χ1v) is 11.2. The number of primary amides is 1. The maximum Gasteiger partial charge on any atom is 0.416 e. The first-order valence-electron chi connectivity index (χ1n) is 10.8. The highest BCUT2D eigenvalue weighted by Gasteiger charge is 2.31. The second kappa shape index (κ2) is 9.14. The van der Waals surface area contributed by atoms with E-state index in [1.54, 1.807) is 24.4 Å². The molecule has 34 heavy (non-hydrogen) atoms. The van der Waals surface area contributed by atoms with Gasteiger partial charge in [0.2, 0.25) is 5.91 Å². The minimum absolute atomic E-state index is 0.0228. The molecule has 4 aromatic rings. The fraction of sp³-hybridized carbons (Fsp3) is 0.231. The van der Waals surface area contributed by atoms with E-state index in [1.165, 1.54) is 6.07 Å². The molecule has 1 amide bonds. The van der Waals surface area contributed by atoms with Crippen LogP contribution in [0, 0.1) is 5.92 Å². The standard InChI is InChI=1S/C26H23ClF3N3O/c1-15(2)11-24(20-5-3-4-6-21(20)25(31)34)33-23-10-7-16(12-17(23)14-32-33)19-9-8-18(13-22(19)27)26(28,29)30/h3-10,12-15,24H,11H2,1-2H3,(H2,31,34). The Morgan fingerprint density at radius 1 is 1.09 bits per heavy atom. The van der Waals surface area contributed by atoms with E-state index in [1.807, 2.05) is 28.9 Å². The number of aromatic nitrogens is 2. The monoisotopic (exact) mass is 485 g/mol. The molecule has 0 spiro atoms. The van der Waals surface area contributed by atoms with Crippen molar-refractivity contribution in [3.05, 3.63) is 88.6 Å². The number of nitrogens with zero attached hydrogens (tertiary/aromatic N) is 2. The molecular formula is C26H23ClF3N3O. The number of halogens is 4. The number of carbonyl (C=O) groups excluding carboxylic acids is 1. The number of hydrogen-bond acceptors (Lipinski definition) is 2. The molecule has 0 fully saturated rings. The minimum atomic E-state index is -4.46. The molecule has 8 heteroatoms. The quantitative estimate of drug-likeness (QED) is 0.316. The Kier molecular flexibility index (Phi) is 6.41. The molecule has 1 aromatic heterocycles. The lowest BCUT2D eigenvalue weighted by Crippen LogP contribution is -2.20. The highest BCUT2D eigenvalue weighted by atomic mass is 35.5. The summed E-state index contributed by atoms with van der Waals surface area (Å²) < 4.78 is 40.9. The Morgan fingerprint density at radius 2 is 1.82 bits per heavy atom. The Balaban J connectivity index is 1.79. The minimum Gasteiger partial charge on any atom is -0.366 e. The van der Waals surface area contributed by atoms with Gasteiger partial charge in [-0.15, -0.1) is 0 Å². The SMILES string of the molecule is CC(C)CC(c1ccccc1C(N)=O)n1ncc2cc(-c3ccc(C(F)(F)F)cc3Cl)ccc21. The van der Waals surface area contributed by atoms with Crippen LogP contribution in [0.15, 0.2) is 66.9 Å². The zero-order valence-electron chi connectivity index (χ0n) is 18.6. The van der Waals surface area contributed by atoms with E-state index in [4.69, 9.17) is 17.3 Å². The van der Waals surface area contributed by atoms with Crippen LogP contribution in [0.2, 0.25) is 5.02 Å². The summed E-state index contributed by atoms with van der Waals surface area (Å²) in [7, 11) is 0. The number of rotatable bonds is 6. The number of benzene rings is 3.